The molecule has 0 aliphatic carbocycles. The van der Waals surface area contributed by atoms with Gasteiger partial charge in [-0.2, -0.15) is 5.26 Å². The summed E-state index contributed by atoms with van der Waals surface area (Å²) in [7, 11) is 0. The number of carbonyl (C=O) groups excluding carboxylic acids is 1. The number of amides is 1. The highest BCUT2D eigenvalue weighted by Gasteiger charge is 2.16. The van der Waals surface area contributed by atoms with E-state index in [4.69, 9.17) is 14.9 Å². The molecule has 3 N–H and O–H groups in total. The van der Waals surface area contributed by atoms with Gasteiger partial charge in [-0.25, -0.2) is 5.48 Å². The van der Waals surface area contributed by atoms with Crippen molar-refractivity contribution in [2.75, 3.05) is 11.9 Å². The van der Waals surface area contributed by atoms with Crippen molar-refractivity contribution < 1.29 is 14.5 Å². The Kier molecular flexibility index (Phi) is 7.84. The van der Waals surface area contributed by atoms with Crippen molar-refractivity contribution in [3.63, 3.8) is 0 Å². The van der Waals surface area contributed by atoms with Crippen LogP contribution in [0, 0.1) is 11.3 Å². The van der Waals surface area contributed by atoms with E-state index in [0.29, 0.717) is 17.7 Å². The molecule has 0 bridgehead atoms. The third-order valence-electron chi connectivity index (χ3n) is 4.65. The number of hydroxylamine groups is 2. The molecule has 1 aliphatic rings. The molecular weight excluding hydrogens is 380 g/mol. The van der Waals surface area contributed by atoms with Crippen LogP contribution in [0.15, 0.2) is 60.3 Å². The van der Waals surface area contributed by atoms with Gasteiger partial charge in [-0.05, 0) is 48.7 Å². The lowest BCUT2D eigenvalue weighted by Gasteiger charge is -2.13. The molecular formula is C23H26N4O3. The van der Waals surface area contributed by atoms with E-state index in [9.17, 15) is 4.79 Å². The van der Waals surface area contributed by atoms with Crippen molar-refractivity contribution in [3.05, 3.63) is 77.0 Å². The molecule has 1 unspecified atom stereocenters. The van der Waals surface area contributed by atoms with Crippen molar-refractivity contribution in [3.8, 4) is 6.07 Å². The average Bonchev–Trinajstić information content (AvgIpc) is 3.22. The number of allylic oxidation sites excluding steroid dienone is 1. The number of nitriles is 1. The molecule has 2 aromatic rings. The van der Waals surface area contributed by atoms with E-state index >= 15 is 0 Å². The van der Waals surface area contributed by atoms with Gasteiger partial charge in [0.2, 0.25) is 0 Å². The molecule has 156 valence electrons. The normalized spacial score (nSPS) is 15.1. The van der Waals surface area contributed by atoms with Gasteiger partial charge in [-0.1, -0.05) is 37.6 Å². The topological polar surface area (TPSA) is 95.4 Å². The smallest absolute Gasteiger partial charge is 0.276 e. The first-order valence-corrected chi connectivity index (χ1v) is 10.1. The summed E-state index contributed by atoms with van der Waals surface area (Å²) in [5.74, 6) is -0.323. The van der Waals surface area contributed by atoms with Crippen molar-refractivity contribution >= 4 is 11.6 Å². The van der Waals surface area contributed by atoms with Crippen LogP contribution < -0.4 is 16.3 Å². The number of nitrogens with one attached hydrogen (secondary N) is 3. The number of rotatable bonds is 10. The molecule has 0 fully saturated rings. The van der Waals surface area contributed by atoms with Gasteiger partial charge in [-0.3, -0.25) is 19.9 Å². The third kappa shape index (κ3) is 6.08. The molecule has 0 spiro atoms. The Labute approximate surface area is 176 Å². The minimum absolute atomic E-state index is 0.0239. The number of carbonyl (C=O) groups is 1. The summed E-state index contributed by atoms with van der Waals surface area (Å²) < 4.78 is 0. The molecule has 0 radical (unpaired) electrons. The van der Waals surface area contributed by atoms with Gasteiger partial charge in [0.15, 0.2) is 0 Å². The van der Waals surface area contributed by atoms with E-state index in [1.54, 1.807) is 30.3 Å². The lowest BCUT2D eigenvalue weighted by molar-refractivity contribution is 0.0234. The van der Waals surface area contributed by atoms with Crippen LogP contribution in [0.2, 0.25) is 0 Å². The molecule has 2 aromatic carbocycles. The van der Waals surface area contributed by atoms with E-state index in [-0.39, 0.29) is 18.6 Å². The molecule has 0 aromatic heterocycles. The molecule has 3 rings (SSSR count). The number of benzene rings is 2. The second kappa shape index (κ2) is 11.0. The van der Waals surface area contributed by atoms with Crippen LogP contribution in [-0.4, -0.2) is 18.6 Å². The minimum Gasteiger partial charge on any atom is -0.384 e. The summed E-state index contributed by atoms with van der Waals surface area (Å²) in [5.41, 5.74) is 9.26. The van der Waals surface area contributed by atoms with Crippen LogP contribution in [0.5, 0.6) is 0 Å². The second-order valence-electron chi connectivity index (χ2n) is 6.99. The highest BCUT2D eigenvalue weighted by molar-refractivity contribution is 5.98. The summed E-state index contributed by atoms with van der Waals surface area (Å²) >= 11 is 0. The fraction of sp³-hybridized carbons (Fsp3) is 0.304. The Morgan fingerprint density at radius 1 is 1.23 bits per heavy atom. The first-order valence-electron chi connectivity index (χ1n) is 10.1. The molecule has 1 atom stereocenters. The molecule has 0 saturated carbocycles. The highest BCUT2D eigenvalue weighted by atomic mass is 16.7. The zero-order valence-electron chi connectivity index (χ0n) is 17.0. The van der Waals surface area contributed by atoms with Gasteiger partial charge in [-0.15, -0.1) is 0 Å². The van der Waals surface area contributed by atoms with Gasteiger partial charge in [0.25, 0.3) is 5.91 Å². The molecule has 1 aliphatic heterocycles. The Morgan fingerprint density at radius 2 is 2.03 bits per heavy atom. The van der Waals surface area contributed by atoms with Crippen LogP contribution in [0.25, 0.3) is 0 Å². The number of anilines is 1. The van der Waals surface area contributed by atoms with Gasteiger partial charge in [0, 0.05) is 17.9 Å². The molecule has 7 nitrogen and oxygen atoms in total. The monoisotopic (exact) mass is 406 g/mol. The molecule has 1 amide bonds. The Morgan fingerprint density at radius 3 is 2.80 bits per heavy atom. The molecule has 7 heteroatoms. The van der Waals surface area contributed by atoms with Gasteiger partial charge < -0.3 is 5.32 Å². The Hall–Kier alpha value is -3.34. The SMILES string of the molecule is CCCC1=CC(CCNc2ccccc2C(=O)NOCc2ccc(C#N)cc2)ON1. The summed E-state index contributed by atoms with van der Waals surface area (Å²) in [5, 5.41) is 12.1. The lowest BCUT2D eigenvalue weighted by Crippen LogP contribution is -2.25. The predicted octanol–water partition coefficient (Wildman–Crippen LogP) is 3.81. The maximum absolute atomic E-state index is 12.5. The first-order chi connectivity index (χ1) is 14.7. The molecule has 1 heterocycles. The predicted molar refractivity (Wildman–Crippen MR) is 114 cm³/mol. The highest BCUT2D eigenvalue weighted by Crippen LogP contribution is 2.17. The van der Waals surface area contributed by atoms with Crippen LogP contribution in [0.3, 0.4) is 0 Å². The zero-order chi connectivity index (χ0) is 21.2. The molecule has 0 saturated heterocycles. The average molecular weight is 406 g/mol. The van der Waals surface area contributed by atoms with E-state index < -0.39 is 0 Å². The number of para-hydroxylation sites is 1. The largest absolute Gasteiger partial charge is 0.384 e. The quantitative estimate of drug-likeness (QED) is 0.520. The summed E-state index contributed by atoms with van der Waals surface area (Å²) in [4.78, 5) is 23.4. The summed E-state index contributed by atoms with van der Waals surface area (Å²) in [6.45, 7) is 3.01. The fourth-order valence-electron chi connectivity index (χ4n) is 3.09. The fourth-order valence-corrected chi connectivity index (χ4v) is 3.09. The van der Waals surface area contributed by atoms with Crippen molar-refractivity contribution in [1.82, 2.24) is 11.0 Å². The zero-order valence-corrected chi connectivity index (χ0v) is 17.0. The second-order valence-corrected chi connectivity index (χ2v) is 6.99. The maximum Gasteiger partial charge on any atom is 0.276 e. The van der Waals surface area contributed by atoms with Crippen LogP contribution in [0.4, 0.5) is 5.69 Å². The maximum atomic E-state index is 12.5. The first kappa shape index (κ1) is 21.4. The van der Waals surface area contributed by atoms with Gasteiger partial charge in [0.1, 0.15) is 6.10 Å². The van der Waals surface area contributed by atoms with E-state index in [2.05, 4.69) is 35.3 Å². The number of hydrogen-bond acceptors (Lipinski definition) is 6. The number of nitrogens with zero attached hydrogens (tertiary/aromatic N) is 1. The molecule has 30 heavy (non-hydrogen) atoms. The van der Waals surface area contributed by atoms with E-state index in [1.807, 2.05) is 18.2 Å². The van der Waals surface area contributed by atoms with E-state index in [1.165, 1.54) is 0 Å². The van der Waals surface area contributed by atoms with E-state index in [0.717, 1.165) is 36.2 Å². The van der Waals surface area contributed by atoms with Crippen molar-refractivity contribution in [2.45, 2.75) is 38.9 Å². The third-order valence-corrected chi connectivity index (χ3v) is 4.65. The number of hydrogen-bond donors (Lipinski definition) is 3. The van der Waals surface area contributed by atoms with Crippen LogP contribution in [0.1, 0.15) is 47.7 Å². The summed E-state index contributed by atoms with van der Waals surface area (Å²) in [6, 6.07) is 16.4. The Bertz CT molecular complexity index is 919. The lowest BCUT2D eigenvalue weighted by atomic mass is 10.1. The minimum atomic E-state index is -0.323. The van der Waals surface area contributed by atoms with Crippen LogP contribution >= 0.6 is 0 Å². The van der Waals surface area contributed by atoms with Crippen molar-refractivity contribution in [2.24, 2.45) is 0 Å². The van der Waals surface area contributed by atoms with Gasteiger partial charge >= 0.3 is 0 Å². The summed E-state index contributed by atoms with van der Waals surface area (Å²) in [6.07, 6.45) is 4.97. The standard InChI is InChI=1S/C23H26N4O3/c1-2-5-19-14-20(30-26-19)12-13-25-22-7-4-3-6-21(22)23(28)27-29-16-18-10-8-17(15-24)9-11-18/h3-4,6-11,14,20,25-26H,2,5,12-13,16H2,1H3,(H,27,28). The Balaban J connectivity index is 1.47. The van der Waals surface area contributed by atoms with Crippen LogP contribution in [-0.2, 0) is 16.3 Å². The van der Waals surface area contributed by atoms with Crippen molar-refractivity contribution in [1.29, 1.82) is 5.26 Å². The van der Waals surface area contributed by atoms with Gasteiger partial charge in [0.05, 0.1) is 23.8 Å².